The molecule has 132 valence electrons. The number of ether oxygens (including phenoxy) is 2. The zero-order valence-electron chi connectivity index (χ0n) is 13.7. The predicted molar refractivity (Wildman–Crippen MR) is 86.0 cm³/mol. The summed E-state index contributed by atoms with van der Waals surface area (Å²) in [7, 11) is 1.44. The van der Waals surface area contributed by atoms with Crippen LogP contribution in [0.4, 0.5) is 0 Å². The average Bonchev–Trinajstić information content (AvgIpc) is 2.57. The van der Waals surface area contributed by atoms with Gasteiger partial charge in [-0.2, -0.15) is 0 Å². The van der Waals surface area contributed by atoms with Gasteiger partial charge in [-0.05, 0) is 19.1 Å². The maximum absolute atomic E-state index is 12.1. The topological polar surface area (TPSA) is 114 Å². The summed E-state index contributed by atoms with van der Waals surface area (Å²) >= 11 is 0. The second kappa shape index (κ2) is 10.2. The Labute approximate surface area is 140 Å². The van der Waals surface area contributed by atoms with E-state index in [-0.39, 0.29) is 19.6 Å². The molecule has 0 bridgehead atoms. The molecule has 1 rings (SSSR count). The average molecular weight is 338 g/mol. The van der Waals surface area contributed by atoms with Crippen molar-refractivity contribution in [1.29, 1.82) is 0 Å². The maximum atomic E-state index is 12.1. The molecule has 0 saturated heterocycles. The number of aliphatic carboxylic acids is 1. The SMILES string of the molecule is CCOc1ccccc1C(=O)NCC(=O)NC(CCOC)C(=O)O. The molecule has 0 saturated carbocycles. The summed E-state index contributed by atoms with van der Waals surface area (Å²) < 4.78 is 10.2. The van der Waals surface area contributed by atoms with Gasteiger partial charge in [0, 0.05) is 20.1 Å². The third kappa shape index (κ3) is 6.25. The number of carboxylic acids is 1. The molecule has 2 amide bonds. The number of carboxylic acid groups (broad SMARTS) is 1. The molecular formula is C16H22N2O6. The molecule has 1 unspecified atom stereocenters. The van der Waals surface area contributed by atoms with Crippen LogP contribution in [0.25, 0.3) is 0 Å². The van der Waals surface area contributed by atoms with Crippen molar-refractivity contribution in [3.63, 3.8) is 0 Å². The van der Waals surface area contributed by atoms with Crippen LogP contribution in [0.15, 0.2) is 24.3 Å². The second-order valence-electron chi connectivity index (χ2n) is 4.85. The molecule has 0 radical (unpaired) electrons. The lowest BCUT2D eigenvalue weighted by Crippen LogP contribution is -2.46. The quantitative estimate of drug-likeness (QED) is 0.570. The van der Waals surface area contributed by atoms with E-state index in [1.807, 2.05) is 0 Å². The highest BCUT2D eigenvalue weighted by Crippen LogP contribution is 2.17. The van der Waals surface area contributed by atoms with Crippen LogP contribution >= 0.6 is 0 Å². The van der Waals surface area contributed by atoms with Crippen molar-refractivity contribution < 1.29 is 29.0 Å². The van der Waals surface area contributed by atoms with E-state index in [4.69, 9.17) is 14.6 Å². The van der Waals surface area contributed by atoms with Crippen molar-refractivity contribution in [2.45, 2.75) is 19.4 Å². The standard InChI is InChI=1S/C16H22N2O6/c1-3-24-13-7-5-4-6-11(13)15(20)17-10-14(19)18-12(16(21)22)8-9-23-2/h4-7,12H,3,8-10H2,1-2H3,(H,17,20)(H,18,19)(H,21,22). The number of nitrogens with one attached hydrogen (secondary N) is 2. The molecule has 8 heteroatoms. The number of methoxy groups -OCH3 is 1. The van der Waals surface area contributed by atoms with Crippen LogP contribution < -0.4 is 15.4 Å². The van der Waals surface area contributed by atoms with Crippen LogP contribution in [0, 0.1) is 0 Å². The van der Waals surface area contributed by atoms with E-state index < -0.39 is 23.8 Å². The lowest BCUT2D eigenvalue weighted by atomic mass is 10.2. The van der Waals surface area contributed by atoms with E-state index in [0.717, 1.165) is 0 Å². The van der Waals surface area contributed by atoms with Gasteiger partial charge in [-0.3, -0.25) is 9.59 Å². The maximum Gasteiger partial charge on any atom is 0.326 e. The van der Waals surface area contributed by atoms with Crippen LogP contribution in [-0.4, -0.2) is 55.8 Å². The van der Waals surface area contributed by atoms with Crippen LogP contribution in [0.5, 0.6) is 5.75 Å². The summed E-state index contributed by atoms with van der Waals surface area (Å²) in [6.45, 7) is 2.07. The Hall–Kier alpha value is -2.61. The van der Waals surface area contributed by atoms with E-state index >= 15 is 0 Å². The van der Waals surface area contributed by atoms with E-state index in [0.29, 0.717) is 17.9 Å². The smallest absolute Gasteiger partial charge is 0.326 e. The summed E-state index contributed by atoms with van der Waals surface area (Å²) in [5.74, 6) is -1.81. The molecule has 0 spiro atoms. The van der Waals surface area contributed by atoms with E-state index in [1.165, 1.54) is 7.11 Å². The Morgan fingerprint density at radius 1 is 1.25 bits per heavy atom. The number of hydrogen-bond acceptors (Lipinski definition) is 5. The third-order valence-electron chi connectivity index (χ3n) is 3.08. The molecule has 0 aromatic heterocycles. The number of para-hydroxylation sites is 1. The first-order chi connectivity index (χ1) is 11.5. The molecule has 3 N–H and O–H groups in total. The molecule has 0 aliphatic heterocycles. The zero-order valence-corrected chi connectivity index (χ0v) is 13.7. The van der Waals surface area contributed by atoms with E-state index in [1.54, 1.807) is 31.2 Å². The van der Waals surface area contributed by atoms with E-state index in [9.17, 15) is 14.4 Å². The van der Waals surface area contributed by atoms with E-state index in [2.05, 4.69) is 10.6 Å². The van der Waals surface area contributed by atoms with Crippen molar-refractivity contribution in [3.8, 4) is 5.75 Å². The number of carbonyl (C=O) groups excluding carboxylic acids is 2. The summed E-state index contributed by atoms with van der Waals surface area (Å²) in [4.78, 5) is 35.0. The van der Waals surface area contributed by atoms with Crippen LogP contribution in [-0.2, 0) is 14.3 Å². The summed E-state index contributed by atoms with van der Waals surface area (Å²) in [5, 5.41) is 13.8. The Kier molecular flexibility index (Phi) is 8.28. The Bertz CT molecular complexity index is 575. The van der Waals surface area contributed by atoms with Gasteiger partial charge in [0.25, 0.3) is 5.91 Å². The molecule has 0 fully saturated rings. The number of rotatable bonds is 10. The Morgan fingerprint density at radius 3 is 2.58 bits per heavy atom. The van der Waals surface area contributed by atoms with Crippen LogP contribution in [0.1, 0.15) is 23.7 Å². The van der Waals surface area contributed by atoms with Crippen molar-refractivity contribution in [2.24, 2.45) is 0 Å². The predicted octanol–water partition coefficient (Wildman–Crippen LogP) is 0.421. The number of benzene rings is 1. The number of carbonyl (C=O) groups is 3. The molecule has 0 aliphatic rings. The largest absolute Gasteiger partial charge is 0.493 e. The van der Waals surface area contributed by atoms with Gasteiger partial charge in [0.15, 0.2) is 0 Å². The van der Waals surface area contributed by atoms with Gasteiger partial charge in [-0.1, -0.05) is 12.1 Å². The van der Waals surface area contributed by atoms with Crippen molar-refractivity contribution in [3.05, 3.63) is 29.8 Å². The van der Waals surface area contributed by atoms with Crippen molar-refractivity contribution >= 4 is 17.8 Å². The van der Waals surface area contributed by atoms with Gasteiger partial charge >= 0.3 is 5.97 Å². The molecule has 8 nitrogen and oxygen atoms in total. The minimum atomic E-state index is -1.16. The first-order valence-electron chi connectivity index (χ1n) is 7.50. The van der Waals surface area contributed by atoms with Crippen molar-refractivity contribution in [2.75, 3.05) is 26.9 Å². The van der Waals surface area contributed by atoms with Gasteiger partial charge in [-0.15, -0.1) is 0 Å². The summed E-state index contributed by atoms with van der Waals surface area (Å²) in [5.41, 5.74) is 0.307. The zero-order chi connectivity index (χ0) is 17.9. The Balaban J connectivity index is 2.57. The van der Waals surface area contributed by atoms with Crippen LogP contribution in [0.3, 0.4) is 0 Å². The molecule has 0 heterocycles. The van der Waals surface area contributed by atoms with Gasteiger partial charge in [0.1, 0.15) is 11.8 Å². The molecule has 0 aliphatic carbocycles. The highest BCUT2D eigenvalue weighted by atomic mass is 16.5. The minimum Gasteiger partial charge on any atom is -0.493 e. The molecular weight excluding hydrogens is 316 g/mol. The minimum absolute atomic E-state index is 0.138. The van der Waals surface area contributed by atoms with Gasteiger partial charge in [-0.25, -0.2) is 4.79 Å². The lowest BCUT2D eigenvalue weighted by molar-refractivity contribution is -0.142. The van der Waals surface area contributed by atoms with Crippen molar-refractivity contribution in [1.82, 2.24) is 10.6 Å². The molecule has 1 aromatic rings. The molecule has 1 aromatic carbocycles. The summed E-state index contributed by atoms with van der Waals surface area (Å²) in [6.07, 6.45) is 0.138. The molecule has 1 atom stereocenters. The first-order valence-corrected chi connectivity index (χ1v) is 7.50. The second-order valence-corrected chi connectivity index (χ2v) is 4.85. The highest BCUT2D eigenvalue weighted by Gasteiger charge is 2.20. The number of hydrogen-bond donors (Lipinski definition) is 3. The van der Waals surface area contributed by atoms with Gasteiger partial charge in [0.2, 0.25) is 5.91 Å². The van der Waals surface area contributed by atoms with Gasteiger partial charge < -0.3 is 25.2 Å². The van der Waals surface area contributed by atoms with Crippen LogP contribution in [0.2, 0.25) is 0 Å². The fourth-order valence-corrected chi connectivity index (χ4v) is 1.93. The summed E-state index contributed by atoms with van der Waals surface area (Å²) in [6, 6.07) is 5.59. The normalized spacial score (nSPS) is 11.4. The fraction of sp³-hybridized carbons (Fsp3) is 0.438. The Morgan fingerprint density at radius 2 is 1.96 bits per heavy atom. The fourth-order valence-electron chi connectivity index (χ4n) is 1.93. The monoisotopic (exact) mass is 338 g/mol. The highest BCUT2D eigenvalue weighted by molar-refractivity contribution is 5.99. The third-order valence-corrected chi connectivity index (χ3v) is 3.08. The molecule has 24 heavy (non-hydrogen) atoms. The first kappa shape index (κ1) is 19.4. The lowest BCUT2D eigenvalue weighted by Gasteiger charge is -2.15. The number of amides is 2. The van der Waals surface area contributed by atoms with Gasteiger partial charge in [0.05, 0.1) is 18.7 Å².